The molecule has 1 aliphatic heterocycles. The Labute approximate surface area is 173 Å². The molecule has 9 heteroatoms. The number of carbonyl (C=O) groups is 1. The van der Waals surface area contributed by atoms with E-state index in [-0.39, 0.29) is 12.2 Å². The molecule has 3 aromatic rings. The fraction of sp³-hybridized carbons (Fsp3) is 0.476. The summed E-state index contributed by atoms with van der Waals surface area (Å²) in [5.74, 6) is -3.56. The van der Waals surface area contributed by atoms with Gasteiger partial charge in [0.25, 0.3) is 11.8 Å². The van der Waals surface area contributed by atoms with E-state index in [1.54, 1.807) is 15.8 Å². The maximum atomic E-state index is 14.3. The van der Waals surface area contributed by atoms with Gasteiger partial charge in [-0.3, -0.25) is 19.5 Å². The number of nitrogens with one attached hydrogen (secondary N) is 2. The number of aromatic nitrogens is 4. The normalized spacial score (nSPS) is 15.2. The number of H-pyrrole nitrogens is 1. The second kappa shape index (κ2) is 8.14. The van der Waals surface area contributed by atoms with Crippen LogP contribution in [0.4, 0.5) is 8.78 Å². The van der Waals surface area contributed by atoms with Crippen molar-refractivity contribution in [1.82, 2.24) is 30.2 Å². The van der Waals surface area contributed by atoms with Crippen molar-refractivity contribution in [2.45, 2.75) is 32.1 Å². The van der Waals surface area contributed by atoms with Crippen LogP contribution in [0.5, 0.6) is 0 Å². The summed E-state index contributed by atoms with van der Waals surface area (Å²) in [6.07, 6.45) is 6.26. The first kappa shape index (κ1) is 20.5. The number of aryl methyl sites for hydroxylation is 2. The minimum atomic E-state index is -2.98. The van der Waals surface area contributed by atoms with E-state index in [1.165, 1.54) is 0 Å². The SMILES string of the molecule is CCc1cc(-c2cnn(C)c2)cc2c(C(=O)NCC(F)(F)CN3CCCC3)[nH]nc12. The number of hydrogen-bond donors (Lipinski definition) is 2. The van der Waals surface area contributed by atoms with E-state index in [0.29, 0.717) is 24.0 Å². The number of nitrogens with zero attached hydrogens (tertiary/aromatic N) is 4. The predicted octanol–water partition coefficient (Wildman–Crippen LogP) is 2.99. The molecule has 1 aromatic carbocycles. The molecule has 0 unspecified atom stereocenters. The Hall–Kier alpha value is -2.81. The van der Waals surface area contributed by atoms with Crippen molar-refractivity contribution in [2.75, 3.05) is 26.2 Å². The van der Waals surface area contributed by atoms with Gasteiger partial charge in [0.2, 0.25) is 0 Å². The van der Waals surface area contributed by atoms with E-state index in [2.05, 4.69) is 20.6 Å². The molecule has 3 heterocycles. The number of rotatable bonds is 7. The molecule has 1 amide bonds. The summed E-state index contributed by atoms with van der Waals surface area (Å²) in [4.78, 5) is 14.5. The zero-order chi connectivity index (χ0) is 21.3. The van der Waals surface area contributed by atoms with Crippen LogP contribution >= 0.6 is 0 Å². The number of aromatic amines is 1. The van der Waals surface area contributed by atoms with Gasteiger partial charge in [-0.25, -0.2) is 8.78 Å². The van der Waals surface area contributed by atoms with Crippen LogP contribution in [0.1, 0.15) is 35.8 Å². The van der Waals surface area contributed by atoms with Crippen LogP contribution in [-0.2, 0) is 13.5 Å². The second-order valence-electron chi connectivity index (χ2n) is 7.91. The Morgan fingerprint density at radius 1 is 1.27 bits per heavy atom. The largest absolute Gasteiger partial charge is 0.345 e. The average Bonchev–Trinajstić information content (AvgIpc) is 3.46. The van der Waals surface area contributed by atoms with Crippen LogP contribution in [0, 0.1) is 0 Å². The standard InChI is InChI=1S/C21H26F2N6O/c1-3-14-8-15(16-10-25-28(2)11-16)9-17-18(14)26-27-19(17)20(30)24-12-21(22,23)13-29-6-4-5-7-29/h8-11H,3-7,12-13H2,1-2H3,(H,24,30)(H,26,27). The van der Waals surface area contributed by atoms with Crippen LogP contribution in [0.2, 0.25) is 0 Å². The molecule has 0 atom stereocenters. The average molecular weight is 416 g/mol. The van der Waals surface area contributed by atoms with Crippen molar-refractivity contribution in [3.63, 3.8) is 0 Å². The van der Waals surface area contributed by atoms with Gasteiger partial charge in [0.15, 0.2) is 0 Å². The van der Waals surface area contributed by atoms with Crippen molar-refractivity contribution in [3.05, 3.63) is 35.8 Å². The molecule has 1 aliphatic rings. The lowest BCUT2D eigenvalue weighted by atomic mass is 10.00. The van der Waals surface area contributed by atoms with Crippen LogP contribution in [0.15, 0.2) is 24.5 Å². The highest BCUT2D eigenvalue weighted by Crippen LogP contribution is 2.29. The summed E-state index contributed by atoms with van der Waals surface area (Å²) in [5.41, 5.74) is 3.67. The van der Waals surface area contributed by atoms with Crippen LogP contribution < -0.4 is 5.32 Å². The summed E-state index contributed by atoms with van der Waals surface area (Å²) >= 11 is 0. The van der Waals surface area contributed by atoms with Gasteiger partial charge in [-0.15, -0.1) is 0 Å². The van der Waals surface area contributed by atoms with Crippen molar-refractivity contribution in [1.29, 1.82) is 0 Å². The maximum Gasteiger partial charge on any atom is 0.277 e. The van der Waals surface area contributed by atoms with Crippen molar-refractivity contribution in [3.8, 4) is 11.1 Å². The minimum absolute atomic E-state index is 0.197. The summed E-state index contributed by atoms with van der Waals surface area (Å²) < 4.78 is 30.3. The molecular weight excluding hydrogens is 390 g/mol. The molecule has 0 radical (unpaired) electrons. The Kier molecular flexibility index (Phi) is 5.55. The smallest absolute Gasteiger partial charge is 0.277 e. The maximum absolute atomic E-state index is 14.3. The lowest BCUT2D eigenvalue weighted by Crippen LogP contribution is -2.44. The Morgan fingerprint density at radius 2 is 2.03 bits per heavy atom. The number of benzene rings is 1. The summed E-state index contributed by atoms with van der Waals surface area (Å²) in [7, 11) is 1.84. The van der Waals surface area contributed by atoms with Gasteiger partial charge in [0, 0.05) is 24.2 Å². The van der Waals surface area contributed by atoms with Crippen LogP contribution in [-0.4, -0.2) is 62.9 Å². The van der Waals surface area contributed by atoms with Gasteiger partial charge in [-0.05, 0) is 55.6 Å². The number of amides is 1. The van der Waals surface area contributed by atoms with E-state index >= 15 is 0 Å². The van der Waals surface area contributed by atoms with Crippen LogP contribution in [0.25, 0.3) is 22.0 Å². The predicted molar refractivity (Wildman–Crippen MR) is 111 cm³/mol. The quantitative estimate of drug-likeness (QED) is 0.621. The van der Waals surface area contributed by atoms with E-state index in [1.807, 2.05) is 32.3 Å². The van der Waals surface area contributed by atoms with Gasteiger partial charge >= 0.3 is 0 Å². The first-order valence-electron chi connectivity index (χ1n) is 10.2. The molecule has 7 nitrogen and oxygen atoms in total. The fourth-order valence-electron chi connectivity index (χ4n) is 3.99. The molecular formula is C21H26F2N6O. The van der Waals surface area contributed by atoms with Crippen molar-refractivity contribution >= 4 is 16.8 Å². The van der Waals surface area contributed by atoms with Crippen LogP contribution in [0.3, 0.4) is 0 Å². The van der Waals surface area contributed by atoms with E-state index in [9.17, 15) is 13.6 Å². The first-order valence-corrected chi connectivity index (χ1v) is 10.2. The highest BCUT2D eigenvalue weighted by Gasteiger charge is 2.33. The molecule has 160 valence electrons. The monoisotopic (exact) mass is 416 g/mol. The molecule has 4 rings (SSSR count). The number of carbonyl (C=O) groups excluding carboxylic acids is 1. The van der Waals surface area contributed by atoms with Gasteiger partial charge in [-0.2, -0.15) is 10.2 Å². The minimum Gasteiger partial charge on any atom is -0.345 e. The molecule has 2 N–H and O–H groups in total. The lowest BCUT2D eigenvalue weighted by molar-refractivity contribution is -0.0243. The Bertz CT molecular complexity index is 1050. The summed E-state index contributed by atoms with van der Waals surface area (Å²) in [5, 5.41) is 14.2. The molecule has 0 saturated carbocycles. The number of alkyl halides is 2. The lowest BCUT2D eigenvalue weighted by Gasteiger charge is -2.23. The molecule has 1 fully saturated rings. The summed E-state index contributed by atoms with van der Waals surface area (Å²) in [6, 6.07) is 3.87. The third-order valence-electron chi connectivity index (χ3n) is 5.55. The molecule has 0 aliphatic carbocycles. The van der Waals surface area contributed by atoms with Gasteiger partial charge < -0.3 is 5.32 Å². The Morgan fingerprint density at radius 3 is 2.70 bits per heavy atom. The number of fused-ring (bicyclic) bond motifs is 1. The van der Waals surface area contributed by atoms with Gasteiger partial charge in [-0.1, -0.05) is 6.92 Å². The highest BCUT2D eigenvalue weighted by atomic mass is 19.3. The third-order valence-corrected chi connectivity index (χ3v) is 5.55. The topological polar surface area (TPSA) is 78.8 Å². The second-order valence-corrected chi connectivity index (χ2v) is 7.91. The third kappa shape index (κ3) is 4.21. The summed E-state index contributed by atoms with van der Waals surface area (Å²) in [6.45, 7) is 2.35. The molecule has 2 aromatic heterocycles. The zero-order valence-corrected chi connectivity index (χ0v) is 17.2. The Balaban J connectivity index is 1.56. The van der Waals surface area contributed by atoms with Crippen molar-refractivity contribution < 1.29 is 13.6 Å². The molecule has 0 bridgehead atoms. The number of halogens is 2. The zero-order valence-electron chi connectivity index (χ0n) is 17.2. The van der Waals surface area contributed by atoms with Gasteiger partial charge in [0.05, 0.1) is 24.8 Å². The van der Waals surface area contributed by atoms with Gasteiger partial charge in [0.1, 0.15) is 5.69 Å². The number of hydrogen-bond acceptors (Lipinski definition) is 4. The highest BCUT2D eigenvalue weighted by molar-refractivity contribution is 6.06. The molecule has 1 saturated heterocycles. The molecule has 0 spiro atoms. The number of likely N-dealkylation sites (tertiary alicyclic amines) is 1. The van der Waals surface area contributed by atoms with Crippen molar-refractivity contribution in [2.24, 2.45) is 7.05 Å². The van der Waals surface area contributed by atoms with E-state index < -0.39 is 18.4 Å². The fourth-order valence-corrected chi connectivity index (χ4v) is 3.99. The van der Waals surface area contributed by atoms with E-state index in [4.69, 9.17) is 0 Å². The first-order chi connectivity index (χ1) is 14.4. The molecule has 30 heavy (non-hydrogen) atoms. The van der Waals surface area contributed by atoms with E-state index in [0.717, 1.165) is 36.0 Å².